The molecule has 0 saturated carbocycles. The van der Waals surface area contributed by atoms with E-state index >= 15 is 0 Å². The van der Waals surface area contributed by atoms with Gasteiger partial charge in [0.25, 0.3) is 0 Å². The lowest BCUT2D eigenvalue weighted by Crippen LogP contribution is -2.52. The van der Waals surface area contributed by atoms with Gasteiger partial charge in [-0.2, -0.15) is 13.2 Å². The zero-order valence-corrected chi connectivity index (χ0v) is 20.0. The van der Waals surface area contributed by atoms with Crippen LogP contribution >= 0.6 is 0 Å². The summed E-state index contributed by atoms with van der Waals surface area (Å²) in [5.74, 6) is -1.27. The maximum atomic E-state index is 13.7. The fourth-order valence-electron chi connectivity index (χ4n) is 3.73. The number of benzene rings is 1. The summed E-state index contributed by atoms with van der Waals surface area (Å²) in [5.41, 5.74) is 1.32. The lowest BCUT2D eigenvalue weighted by Gasteiger charge is -2.24. The van der Waals surface area contributed by atoms with Gasteiger partial charge in [0, 0.05) is 43.1 Å². The van der Waals surface area contributed by atoms with Gasteiger partial charge in [0.05, 0.1) is 24.1 Å². The van der Waals surface area contributed by atoms with Gasteiger partial charge < -0.3 is 14.6 Å². The number of hydrogen-bond donors (Lipinski definition) is 3. The first-order valence-electron chi connectivity index (χ1n) is 11.2. The van der Waals surface area contributed by atoms with Gasteiger partial charge in [-0.05, 0) is 48.2 Å². The summed E-state index contributed by atoms with van der Waals surface area (Å²) in [4.78, 5) is 24.2. The van der Waals surface area contributed by atoms with E-state index in [1.54, 1.807) is 43.3 Å². The highest BCUT2D eigenvalue weighted by molar-refractivity contribution is 5.78. The molecule has 1 unspecified atom stereocenters. The molecular formula is C26H24F3N5O3. The van der Waals surface area contributed by atoms with E-state index in [4.69, 9.17) is 0 Å². The van der Waals surface area contributed by atoms with Crippen molar-refractivity contribution in [1.29, 1.82) is 0 Å². The molecule has 0 amide bonds. The van der Waals surface area contributed by atoms with Gasteiger partial charge in [0.2, 0.25) is 0 Å². The van der Waals surface area contributed by atoms with Crippen molar-refractivity contribution in [1.82, 2.24) is 24.7 Å². The maximum absolute atomic E-state index is 13.7. The predicted octanol–water partition coefficient (Wildman–Crippen LogP) is 4.21. The van der Waals surface area contributed by atoms with E-state index < -0.39 is 29.9 Å². The number of aliphatic hydroxyl groups excluding tert-OH is 1. The van der Waals surface area contributed by atoms with Gasteiger partial charge in [0.15, 0.2) is 5.65 Å². The third-order valence-electron chi connectivity index (χ3n) is 6.14. The average Bonchev–Trinajstić information content (AvgIpc) is 3.34. The summed E-state index contributed by atoms with van der Waals surface area (Å²) in [7, 11) is 0. The molecule has 4 aromatic rings. The first kappa shape index (κ1) is 26.0. The number of nitrogens with one attached hydrogen (secondary N) is 1. The molecule has 0 fully saturated rings. The van der Waals surface area contributed by atoms with Gasteiger partial charge in [-0.1, -0.05) is 18.2 Å². The topological polar surface area (TPSA) is 113 Å². The van der Waals surface area contributed by atoms with Crippen molar-refractivity contribution in [2.75, 3.05) is 6.61 Å². The second-order valence-electron chi connectivity index (χ2n) is 8.77. The Bertz CT molecular complexity index is 1480. The number of fused-ring (bicyclic) bond motifs is 1. The van der Waals surface area contributed by atoms with Crippen LogP contribution in [0.25, 0.3) is 29.1 Å². The van der Waals surface area contributed by atoms with Gasteiger partial charge in [0.1, 0.15) is 5.54 Å². The van der Waals surface area contributed by atoms with E-state index in [0.29, 0.717) is 22.5 Å². The van der Waals surface area contributed by atoms with Crippen molar-refractivity contribution in [2.45, 2.75) is 32.1 Å². The summed E-state index contributed by atoms with van der Waals surface area (Å²) in [6.45, 7) is 2.40. The van der Waals surface area contributed by atoms with E-state index in [-0.39, 0.29) is 12.1 Å². The number of pyridine rings is 1. The van der Waals surface area contributed by atoms with Crippen molar-refractivity contribution in [3.63, 3.8) is 0 Å². The zero-order chi connectivity index (χ0) is 26.8. The van der Waals surface area contributed by atoms with Crippen LogP contribution in [-0.4, -0.2) is 47.7 Å². The number of carboxylic acid groups (broad SMARTS) is 1. The van der Waals surface area contributed by atoms with Gasteiger partial charge >= 0.3 is 12.1 Å². The molecule has 3 heterocycles. The number of carboxylic acids is 1. The number of carbonyl (C=O) groups is 1. The quantitative estimate of drug-likeness (QED) is 0.325. The highest BCUT2D eigenvalue weighted by atomic mass is 19.4. The maximum Gasteiger partial charge on any atom is 0.416 e. The van der Waals surface area contributed by atoms with Crippen molar-refractivity contribution >= 4 is 23.8 Å². The average molecular weight is 512 g/mol. The second kappa shape index (κ2) is 10.1. The first-order valence-corrected chi connectivity index (χ1v) is 11.2. The Morgan fingerprint density at radius 1 is 1.14 bits per heavy atom. The van der Waals surface area contributed by atoms with Crippen molar-refractivity contribution in [3.8, 4) is 11.3 Å². The number of imidazole rings is 1. The molecule has 0 aliphatic carbocycles. The molecule has 0 bridgehead atoms. The van der Waals surface area contributed by atoms with Gasteiger partial charge in [-0.15, -0.1) is 0 Å². The minimum Gasteiger partial charge on any atom is -0.480 e. The lowest BCUT2D eigenvalue weighted by molar-refractivity contribution is -0.146. The van der Waals surface area contributed by atoms with Gasteiger partial charge in [-0.25, -0.2) is 4.98 Å². The Labute approximate surface area is 210 Å². The number of alkyl halides is 3. The Balaban J connectivity index is 1.67. The van der Waals surface area contributed by atoms with Crippen LogP contribution in [0.4, 0.5) is 13.2 Å². The standard InChI is InChI=1S/C26H24F3N5O3/c1-16-19(11-30-12-20(16)22-14-34-8-7-31-23(34)13-32-22)5-4-18-9-17(3-6-21(18)26(27,28)29)10-33-25(2,15-35)24(36)37/h3-9,11-14,33,35H,10,15H2,1-2H3,(H,36,37)/b5-4+. The number of hydrogen-bond acceptors (Lipinski definition) is 6. The lowest BCUT2D eigenvalue weighted by atomic mass is 9.99. The second-order valence-corrected chi connectivity index (χ2v) is 8.77. The molecule has 11 heteroatoms. The molecule has 0 aliphatic rings. The molecule has 37 heavy (non-hydrogen) atoms. The largest absolute Gasteiger partial charge is 0.480 e. The highest BCUT2D eigenvalue weighted by Gasteiger charge is 2.34. The molecule has 1 atom stereocenters. The van der Waals surface area contributed by atoms with Crippen LogP contribution in [0, 0.1) is 6.92 Å². The van der Waals surface area contributed by atoms with E-state index in [2.05, 4.69) is 20.3 Å². The summed E-state index contributed by atoms with van der Waals surface area (Å²) in [6, 6.07) is 3.57. The van der Waals surface area contributed by atoms with Crippen LogP contribution in [0.2, 0.25) is 0 Å². The molecule has 0 aliphatic heterocycles. The number of aliphatic carboxylic acids is 1. The van der Waals surface area contributed by atoms with Crippen LogP contribution in [0.15, 0.2) is 55.4 Å². The molecule has 0 radical (unpaired) electrons. The fraction of sp³-hybridized carbons (Fsp3) is 0.231. The minimum atomic E-state index is -4.59. The molecule has 0 spiro atoms. The molecule has 192 valence electrons. The van der Waals surface area contributed by atoms with Crippen LogP contribution in [0.5, 0.6) is 0 Å². The highest BCUT2D eigenvalue weighted by Crippen LogP contribution is 2.34. The van der Waals surface area contributed by atoms with Crippen LogP contribution < -0.4 is 5.32 Å². The minimum absolute atomic E-state index is 0.0548. The number of aliphatic hydroxyl groups is 1. The van der Waals surface area contributed by atoms with Crippen molar-refractivity contribution in [3.05, 3.63) is 83.2 Å². The van der Waals surface area contributed by atoms with E-state index in [1.807, 2.05) is 11.3 Å². The summed E-state index contributed by atoms with van der Waals surface area (Å²) in [5, 5.41) is 21.4. The molecule has 3 aromatic heterocycles. The van der Waals surface area contributed by atoms with E-state index in [9.17, 15) is 28.2 Å². The van der Waals surface area contributed by atoms with Gasteiger partial charge in [-0.3, -0.25) is 20.1 Å². The predicted molar refractivity (Wildman–Crippen MR) is 131 cm³/mol. The molecule has 8 nitrogen and oxygen atoms in total. The number of aromatic nitrogens is 4. The zero-order valence-electron chi connectivity index (χ0n) is 20.0. The summed E-state index contributed by atoms with van der Waals surface area (Å²) >= 11 is 0. The Hall–Kier alpha value is -4.09. The Morgan fingerprint density at radius 2 is 1.89 bits per heavy atom. The monoisotopic (exact) mass is 511 g/mol. The van der Waals surface area contributed by atoms with Crippen LogP contribution in [-0.2, 0) is 17.5 Å². The molecule has 1 aromatic carbocycles. The van der Waals surface area contributed by atoms with Crippen LogP contribution in [0.1, 0.15) is 34.7 Å². The number of nitrogens with zero attached hydrogens (tertiary/aromatic N) is 4. The summed E-state index contributed by atoms with van der Waals surface area (Å²) in [6.07, 6.45) is 8.38. The third-order valence-corrected chi connectivity index (χ3v) is 6.14. The van der Waals surface area contributed by atoms with E-state index in [1.165, 1.54) is 25.1 Å². The third kappa shape index (κ3) is 5.52. The summed E-state index contributed by atoms with van der Waals surface area (Å²) < 4.78 is 43.0. The molecule has 0 saturated heterocycles. The first-order chi connectivity index (χ1) is 17.5. The SMILES string of the molecule is Cc1c(/C=C/c2cc(CNC(C)(CO)C(=O)O)ccc2C(F)(F)F)cncc1-c1cn2ccnc2cn1. The fourth-order valence-corrected chi connectivity index (χ4v) is 3.73. The number of halogens is 3. The van der Waals surface area contributed by atoms with Crippen LogP contribution in [0.3, 0.4) is 0 Å². The molecule has 4 rings (SSSR count). The Kier molecular flexibility index (Phi) is 7.10. The smallest absolute Gasteiger partial charge is 0.416 e. The normalized spacial score (nSPS) is 13.8. The van der Waals surface area contributed by atoms with E-state index in [0.717, 1.165) is 17.2 Å². The Morgan fingerprint density at radius 3 is 2.59 bits per heavy atom. The van der Waals surface area contributed by atoms with Crippen molar-refractivity contribution in [2.24, 2.45) is 0 Å². The molecular weight excluding hydrogens is 487 g/mol. The molecule has 3 N–H and O–H groups in total. The number of rotatable bonds is 8. The van der Waals surface area contributed by atoms with Crippen molar-refractivity contribution < 1.29 is 28.2 Å².